The third kappa shape index (κ3) is 5.42. The summed E-state index contributed by atoms with van der Waals surface area (Å²) in [4.78, 5) is 30.1. The first-order valence-corrected chi connectivity index (χ1v) is 13.0. The summed E-state index contributed by atoms with van der Waals surface area (Å²) in [5.74, 6) is -2.18. The Labute approximate surface area is 213 Å². The third-order valence-electron chi connectivity index (χ3n) is 5.53. The summed E-state index contributed by atoms with van der Waals surface area (Å²) in [5.41, 5.74) is -0.896. The molecular formula is C21H18Cl2F3N5O4S. The van der Waals surface area contributed by atoms with E-state index in [0.29, 0.717) is 5.56 Å². The van der Waals surface area contributed by atoms with Crippen LogP contribution in [0.5, 0.6) is 0 Å². The molecule has 2 amide bonds. The Bertz CT molecular complexity index is 1370. The van der Waals surface area contributed by atoms with Crippen molar-refractivity contribution in [1.29, 1.82) is 0 Å². The number of hydrazone groups is 1. The number of hydrogen-bond donors (Lipinski definition) is 2. The number of pyridine rings is 1. The van der Waals surface area contributed by atoms with Crippen LogP contribution >= 0.6 is 23.2 Å². The molecule has 3 heterocycles. The lowest BCUT2D eigenvalue weighted by atomic mass is 10.0. The number of rotatable bonds is 5. The van der Waals surface area contributed by atoms with Crippen LogP contribution in [-0.2, 0) is 14.6 Å². The van der Waals surface area contributed by atoms with Gasteiger partial charge in [-0.1, -0.05) is 23.2 Å². The number of nitrogens with zero attached hydrogens (tertiary/aromatic N) is 3. The molecule has 2 aliphatic rings. The van der Waals surface area contributed by atoms with Crippen molar-refractivity contribution in [3.05, 3.63) is 51.6 Å². The van der Waals surface area contributed by atoms with Gasteiger partial charge in [0.25, 0.3) is 5.91 Å². The highest BCUT2D eigenvalue weighted by atomic mass is 35.5. The summed E-state index contributed by atoms with van der Waals surface area (Å²) < 4.78 is 63.2. The molecule has 0 saturated carbocycles. The standard InChI is InChI=1S/C21H18Cl2F3N5O4S/c1-10-5-11(22)6-13(19(32)28-12-8-36(34,35)9-12)17(10)29-20(33)15-7-16(21(24,25)26)30-31(15)18-14(23)3-2-4-27-18/h2-6,12,15H,7-9H2,1H3,(H,28,32)(H,29,33). The fourth-order valence-corrected chi connectivity index (χ4v) is 5.61. The number of aryl methyl sites for hydroxylation is 1. The van der Waals surface area contributed by atoms with Gasteiger partial charge in [-0.3, -0.25) is 9.59 Å². The molecule has 0 bridgehead atoms. The van der Waals surface area contributed by atoms with Crippen LogP contribution in [0.15, 0.2) is 35.6 Å². The lowest BCUT2D eigenvalue weighted by Gasteiger charge is -2.27. The zero-order chi connectivity index (χ0) is 26.4. The van der Waals surface area contributed by atoms with Crippen LogP contribution < -0.4 is 15.6 Å². The van der Waals surface area contributed by atoms with Crippen molar-refractivity contribution in [2.24, 2.45) is 5.10 Å². The van der Waals surface area contributed by atoms with E-state index in [9.17, 15) is 31.2 Å². The van der Waals surface area contributed by atoms with Crippen molar-refractivity contribution >= 4 is 62.1 Å². The Kier molecular flexibility index (Phi) is 6.92. The van der Waals surface area contributed by atoms with Crippen molar-refractivity contribution in [3.63, 3.8) is 0 Å². The van der Waals surface area contributed by atoms with Crippen LogP contribution in [0.2, 0.25) is 10.0 Å². The molecule has 0 spiro atoms. The van der Waals surface area contributed by atoms with Gasteiger partial charge < -0.3 is 10.6 Å². The molecule has 1 saturated heterocycles. The normalized spacial score (nSPS) is 19.4. The number of carbonyl (C=O) groups excluding carboxylic acids is 2. The number of carbonyl (C=O) groups is 2. The number of benzene rings is 1. The quantitative estimate of drug-likeness (QED) is 0.575. The average molecular weight is 564 g/mol. The van der Waals surface area contributed by atoms with Crippen LogP contribution in [0.25, 0.3) is 0 Å². The van der Waals surface area contributed by atoms with Crippen molar-refractivity contribution < 1.29 is 31.2 Å². The maximum atomic E-state index is 13.5. The first-order chi connectivity index (χ1) is 16.7. The highest BCUT2D eigenvalue weighted by Gasteiger charge is 2.46. The van der Waals surface area contributed by atoms with Crippen LogP contribution in [0.4, 0.5) is 24.7 Å². The van der Waals surface area contributed by atoms with Gasteiger partial charge >= 0.3 is 6.18 Å². The molecule has 15 heteroatoms. The third-order valence-corrected chi connectivity index (χ3v) is 7.87. The predicted molar refractivity (Wildman–Crippen MR) is 128 cm³/mol. The van der Waals surface area contributed by atoms with Gasteiger partial charge in [-0.25, -0.2) is 18.4 Å². The van der Waals surface area contributed by atoms with Gasteiger partial charge in [0.2, 0.25) is 5.91 Å². The van der Waals surface area contributed by atoms with Gasteiger partial charge in [0, 0.05) is 17.6 Å². The average Bonchev–Trinajstić information content (AvgIpc) is 3.20. The van der Waals surface area contributed by atoms with Crippen LogP contribution in [0.1, 0.15) is 22.3 Å². The molecular weight excluding hydrogens is 546 g/mol. The lowest BCUT2D eigenvalue weighted by molar-refractivity contribution is -0.117. The monoisotopic (exact) mass is 563 g/mol. The number of amides is 2. The smallest absolute Gasteiger partial charge is 0.347 e. The molecule has 2 aromatic rings. The second kappa shape index (κ2) is 9.52. The van der Waals surface area contributed by atoms with Gasteiger partial charge in [0.15, 0.2) is 15.7 Å². The van der Waals surface area contributed by atoms with E-state index in [1.54, 1.807) is 6.92 Å². The number of halogens is 5. The first kappa shape index (κ1) is 26.2. The zero-order valence-corrected chi connectivity index (χ0v) is 20.8. The number of alkyl halides is 3. The molecule has 36 heavy (non-hydrogen) atoms. The summed E-state index contributed by atoms with van der Waals surface area (Å²) in [6.07, 6.45) is -4.28. The predicted octanol–water partition coefficient (Wildman–Crippen LogP) is 3.36. The molecule has 1 unspecified atom stereocenters. The second-order valence-corrected chi connectivity index (χ2v) is 11.3. The Morgan fingerprint density at radius 2 is 1.89 bits per heavy atom. The summed E-state index contributed by atoms with van der Waals surface area (Å²) in [6, 6.07) is 3.52. The minimum atomic E-state index is -4.79. The van der Waals surface area contributed by atoms with Gasteiger partial charge in [-0.05, 0) is 36.8 Å². The number of hydrogen-bond acceptors (Lipinski definition) is 7. The van der Waals surface area contributed by atoms with E-state index >= 15 is 0 Å². The van der Waals surface area contributed by atoms with Crippen LogP contribution in [0.3, 0.4) is 0 Å². The lowest BCUT2D eigenvalue weighted by Crippen LogP contribution is -2.53. The zero-order valence-electron chi connectivity index (χ0n) is 18.4. The Morgan fingerprint density at radius 1 is 1.19 bits per heavy atom. The van der Waals surface area contributed by atoms with Crippen molar-refractivity contribution in [2.45, 2.75) is 31.6 Å². The number of anilines is 2. The molecule has 1 aromatic carbocycles. The number of nitrogens with one attached hydrogen (secondary N) is 2. The highest BCUT2D eigenvalue weighted by molar-refractivity contribution is 7.92. The maximum Gasteiger partial charge on any atom is 0.431 e. The Hall–Kier alpha value is -2.90. The molecule has 4 rings (SSSR count). The van der Waals surface area contributed by atoms with E-state index in [2.05, 4.69) is 20.7 Å². The Morgan fingerprint density at radius 3 is 2.50 bits per heavy atom. The fourth-order valence-electron chi connectivity index (χ4n) is 3.83. The van der Waals surface area contributed by atoms with E-state index in [4.69, 9.17) is 23.2 Å². The van der Waals surface area contributed by atoms with Gasteiger partial charge in [-0.2, -0.15) is 18.3 Å². The molecule has 1 aromatic heterocycles. The molecule has 9 nitrogen and oxygen atoms in total. The molecule has 0 radical (unpaired) electrons. The van der Waals surface area contributed by atoms with Crippen LogP contribution in [0, 0.1) is 6.92 Å². The topological polar surface area (TPSA) is 121 Å². The summed E-state index contributed by atoms with van der Waals surface area (Å²) in [7, 11) is -3.21. The number of aromatic nitrogens is 1. The summed E-state index contributed by atoms with van der Waals surface area (Å²) in [5, 5.41) is 9.59. The van der Waals surface area contributed by atoms with Gasteiger partial charge in [0.05, 0.1) is 33.8 Å². The van der Waals surface area contributed by atoms with Crippen molar-refractivity contribution in [3.8, 4) is 0 Å². The maximum absolute atomic E-state index is 13.5. The van der Waals surface area contributed by atoms with E-state index in [0.717, 1.165) is 5.01 Å². The van der Waals surface area contributed by atoms with E-state index < -0.39 is 52.0 Å². The fraction of sp³-hybridized carbons (Fsp3) is 0.333. The Balaban J connectivity index is 1.63. The molecule has 1 fully saturated rings. The second-order valence-electron chi connectivity index (χ2n) is 8.30. The molecule has 192 valence electrons. The van der Waals surface area contributed by atoms with Crippen molar-refractivity contribution in [2.75, 3.05) is 21.8 Å². The SMILES string of the molecule is Cc1cc(Cl)cc(C(=O)NC2CS(=O)(=O)C2)c1NC(=O)C1CC(C(F)(F)F)=NN1c1ncccc1Cl. The first-order valence-electron chi connectivity index (χ1n) is 10.4. The molecule has 2 aliphatic heterocycles. The molecule has 2 N–H and O–H groups in total. The largest absolute Gasteiger partial charge is 0.431 e. The van der Waals surface area contributed by atoms with Crippen LogP contribution in [-0.4, -0.2) is 60.7 Å². The summed E-state index contributed by atoms with van der Waals surface area (Å²) in [6.45, 7) is 1.55. The van der Waals surface area contributed by atoms with Gasteiger partial charge in [-0.15, -0.1) is 0 Å². The van der Waals surface area contributed by atoms with E-state index in [-0.39, 0.29) is 38.6 Å². The minimum absolute atomic E-state index is 0.0107. The van der Waals surface area contributed by atoms with Gasteiger partial charge in [0.1, 0.15) is 11.8 Å². The summed E-state index contributed by atoms with van der Waals surface area (Å²) >= 11 is 12.2. The van der Waals surface area contributed by atoms with E-state index in [1.807, 2.05) is 0 Å². The van der Waals surface area contributed by atoms with E-state index in [1.165, 1.54) is 30.5 Å². The highest BCUT2D eigenvalue weighted by Crippen LogP contribution is 2.35. The molecule has 0 aliphatic carbocycles. The van der Waals surface area contributed by atoms with Crippen molar-refractivity contribution in [1.82, 2.24) is 10.3 Å². The number of sulfone groups is 1. The minimum Gasteiger partial charge on any atom is -0.347 e. The molecule has 1 atom stereocenters.